The summed E-state index contributed by atoms with van der Waals surface area (Å²) in [6.45, 7) is 3.21. The van der Waals surface area contributed by atoms with E-state index >= 15 is 0 Å². The predicted molar refractivity (Wildman–Crippen MR) is 65.5 cm³/mol. The molecular formula is C14H17F2NO. The fourth-order valence-electron chi connectivity index (χ4n) is 2.16. The zero-order chi connectivity index (χ0) is 13.3. The van der Waals surface area contributed by atoms with Crippen molar-refractivity contribution in [1.82, 2.24) is 4.90 Å². The number of benzene rings is 1. The Kier molecular flexibility index (Phi) is 3.76. The summed E-state index contributed by atoms with van der Waals surface area (Å²) in [6, 6.07) is 3.07. The van der Waals surface area contributed by atoms with E-state index in [-0.39, 0.29) is 17.9 Å². The van der Waals surface area contributed by atoms with E-state index < -0.39 is 11.6 Å². The van der Waals surface area contributed by atoms with E-state index in [0.29, 0.717) is 5.92 Å². The summed E-state index contributed by atoms with van der Waals surface area (Å²) in [5.41, 5.74) is -0.0351. The lowest BCUT2D eigenvalue weighted by atomic mass is 10.1. The lowest BCUT2D eigenvalue weighted by Crippen LogP contribution is -2.28. The molecule has 0 saturated heterocycles. The van der Waals surface area contributed by atoms with E-state index in [1.807, 2.05) is 11.9 Å². The minimum atomic E-state index is -0.784. The van der Waals surface area contributed by atoms with E-state index in [2.05, 4.69) is 6.92 Å². The molecule has 18 heavy (non-hydrogen) atoms. The summed E-state index contributed by atoms with van der Waals surface area (Å²) in [5.74, 6) is -0.369. The molecule has 0 N–H and O–H groups in total. The summed E-state index contributed by atoms with van der Waals surface area (Å²) in [4.78, 5) is 13.8. The molecule has 2 unspecified atom stereocenters. The molecule has 0 radical (unpaired) electrons. The van der Waals surface area contributed by atoms with Crippen LogP contribution in [0.25, 0.3) is 0 Å². The van der Waals surface area contributed by atoms with Gasteiger partial charge in [0.15, 0.2) is 5.78 Å². The van der Waals surface area contributed by atoms with E-state index in [4.69, 9.17) is 0 Å². The highest BCUT2D eigenvalue weighted by molar-refractivity contribution is 5.97. The molecule has 0 aliphatic heterocycles. The Morgan fingerprint density at radius 2 is 2.11 bits per heavy atom. The van der Waals surface area contributed by atoms with Crippen molar-refractivity contribution in [2.24, 2.45) is 11.8 Å². The summed E-state index contributed by atoms with van der Waals surface area (Å²) < 4.78 is 26.1. The van der Waals surface area contributed by atoms with Crippen molar-refractivity contribution in [3.05, 3.63) is 35.4 Å². The first-order valence-corrected chi connectivity index (χ1v) is 6.14. The van der Waals surface area contributed by atoms with Gasteiger partial charge in [0.05, 0.1) is 12.1 Å². The number of rotatable bonds is 5. The van der Waals surface area contributed by atoms with Crippen LogP contribution in [0.15, 0.2) is 18.2 Å². The van der Waals surface area contributed by atoms with Gasteiger partial charge in [-0.15, -0.1) is 0 Å². The van der Waals surface area contributed by atoms with Crippen molar-refractivity contribution >= 4 is 5.78 Å². The van der Waals surface area contributed by atoms with Crippen LogP contribution in [0.1, 0.15) is 23.7 Å². The molecule has 1 saturated carbocycles. The maximum absolute atomic E-state index is 13.4. The molecule has 2 rings (SSSR count). The quantitative estimate of drug-likeness (QED) is 0.752. The van der Waals surface area contributed by atoms with Gasteiger partial charge in [0.25, 0.3) is 0 Å². The Bertz CT molecular complexity index is 461. The Balaban J connectivity index is 1.94. The zero-order valence-electron chi connectivity index (χ0n) is 10.6. The van der Waals surface area contributed by atoms with Gasteiger partial charge in [-0.1, -0.05) is 6.92 Å². The third kappa shape index (κ3) is 3.13. The first kappa shape index (κ1) is 13.1. The van der Waals surface area contributed by atoms with Crippen molar-refractivity contribution in [3.8, 4) is 0 Å². The Morgan fingerprint density at radius 1 is 1.44 bits per heavy atom. The standard InChI is InChI=1S/C14H17F2NO/c1-9-5-10(9)7-17(2)8-14(18)12-4-3-11(15)6-13(12)16/h3-4,6,9-10H,5,7-8H2,1-2H3. The fourth-order valence-corrected chi connectivity index (χ4v) is 2.16. The third-order valence-corrected chi connectivity index (χ3v) is 3.47. The summed E-state index contributed by atoms with van der Waals surface area (Å²) in [5, 5.41) is 0. The largest absolute Gasteiger partial charge is 0.299 e. The first-order valence-electron chi connectivity index (χ1n) is 6.14. The fraction of sp³-hybridized carbons (Fsp3) is 0.500. The molecule has 0 bridgehead atoms. The molecule has 1 aliphatic rings. The minimum Gasteiger partial charge on any atom is -0.299 e. The van der Waals surface area contributed by atoms with Crippen LogP contribution in [0, 0.1) is 23.5 Å². The minimum absolute atomic E-state index is 0.0351. The van der Waals surface area contributed by atoms with Gasteiger partial charge >= 0.3 is 0 Å². The number of nitrogens with zero attached hydrogens (tertiary/aromatic N) is 1. The van der Waals surface area contributed by atoms with Crippen LogP contribution >= 0.6 is 0 Å². The molecule has 1 aliphatic carbocycles. The molecule has 1 aromatic carbocycles. The number of hydrogen-bond acceptors (Lipinski definition) is 2. The summed E-state index contributed by atoms with van der Waals surface area (Å²) in [7, 11) is 1.85. The van der Waals surface area contributed by atoms with Gasteiger partial charge in [0.1, 0.15) is 11.6 Å². The number of likely N-dealkylation sites (N-methyl/N-ethyl adjacent to an activating group) is 1. The number of ketones is 1. The smallest absolute Gasteiger partial charge is 0.179 e. The second-order valence-electron chi connectivity index (χ2n) is 5.22. The lowest BCUT2D eigenvalue weighted by Gasteiger charge is -2.15. The molecular weight excluding hydrogens is 236 g/mol. The van der Waals surface area contributed by atoms with Gasteiger partial charge in [0, 0.05) is 12.6 Å². The number of hydrogen-bond donors (Lipinski definition) is 0. The molecule has 4 heteroatoms. The van der Waals surface area contributed by atoms with Crippen molar-refractivity contribution in [2.45, 2.75) is 13.3 Å². The van der Waals surface area contributed by atoms with E-state index in [9.17, 15) is 13.6 Å². The van der Waals surface area contributed by atoms with Crippen LogP contribution in [-0.2, 0) is 0 Å². The van der Waals surface area contributed by atoms with Gasteiger partial charge in [-0.05, 0) is 37.4 Å². The molecule has 0 aromatic heterocycles. The summed E-state index contributed by atoms with van der Waals surface area (Å²) in [6.07, 6.45) is 1.20. The van der Waals surface area contributed by atoms with Crippen LogP contribution in [0.2, 0.25) is 0 Å². The molecule has 2 nitrogen and oxygen atoms in total. The average molecular weight is 253 g/mol. The number of carbonyl (C=O) groups is 1. The van der Waals surface area contributed by atoms with Gasteiger partial charge in [0.2, 0.25) is 0 Å². The van der Waals surface area contributed by atoms with Gasteiger partial charge in [-0.2, -0.15) is 0 Å². The molecule has 2 atom stereocenters. The highest BCUT2D eigenvalue weighted by atomic mass is 19.1. The lowest BCUT2D eigenvalue weighted by molar-refractivity contribution is 0.0939. The van der Waals surface area contributed by atoms with Crippen molar-refractivity contribution < 1.29 is 13.6 Å². The maximum atomic E-state index is 13.4. The molecule has 1 aromatic rings. The molecule has 0 heterocycles. The molecule has 0 spiro atoms. The van der Waals surface area contributed by atoms with Gasteiger partial charge in [-0.25, -0.2) is 8.78 Å². The van der Waals surface area contributed by atoms with Crippen LogP contribution in [-0.4, -0.2) is 30.8 Å². The molecule has 1 fully saturated rings. The number of halogens is 2. The van der Waals surface area contributed by atoms with Crippen molar-refractivity contribution in [1.29, 1.82) is 0 Å². The second-order valence-corrected chi connectivity index (χ2v) is 5.22. The van der Waals surface area contributed by atoms with Crippen LogP contribution < -0.4 is 0 Å². The predicted octanol–water partition coefficient (Wildman–Crippen LogP) is 2.74. The number of Topliss-reactive ketones (excluding diaryl/α,β-unsaturated/α-hetero) is 1. The normalized spacial score (nSPS) is 22.3. The monoisotopic (exact) mass is 253 g/mol. The van der Waals surface area contributed by atoms with Gasteiger partial charge in [-0.3, -0.25) is 9.69 Å². The van der Waals surface area contributed by atoms with Crippen LogP contribution in [0.4, 0.5) is 8.78 Å². The Hall–Kier alpha value is -1.29. The Labute approximate surface area is 106 Å². The maximum Gasteiger partial charge on any atom is 0.179 e. The van der Waals surface area contributed by atoms with Crippen molar-refractivity contribution in [2.75, 3.05) is 20.1 Å². The van der Waals surface area contributed by atoms with Gasteiger partial charge < -0.3 is 0 Å². The average Bonchev–Trinajstić information content (AvgIpc) is 2.93. The molecule has 0 amide bonds. The highest BCUT2D eigenvalue weighted by Crippen LogP contribution is 2.37. The third-order valence-electron chi connectivity index (χ3n) is 3.47. The molecule has 98 valence electrons. The van der Waals surface area contributed by atoms with Crippen LogP contribution in [0.3, 0.4) is 0 Å². The van der Waals surface area contributed by atoms with E-state index in [1.54, 1.807) is 0 Å². The zero-order valence-corrected chi connectivity index (χ0v) is 10.6. The van der Waals surface area contributed by atoms with E-state index in [1.165, 1.54) is 12.5 Å². The first-order chi connectivity index (χ1) is 8.47. The SMILES string of the molecule is CC1CC1CN(C)CC(=O)c1ccc(F)cc1F. The second kappa shape index (κ2) is 5.14. The Morgan fingerprint density at radius 3 is 2.67 bits per heavy atom. The summed E-state index contributed by atoms with van der Waals surface area (Å²) >= 11 is 0. The van der Waals surface area contributed by atoms with Crippen molar-refractivity contribution in [3.63, 3.8) is 0 Å². The number of carbonyl (C=O) groups excluding carboxylic acids is 1. The topological polar surface area (TPSA) is 20.3 Å². The van der Waals surface area contributed by atoms with E-state index in [0.717, 1.165) is 24.6 Å². The van der Waals surface area contributed by atoms with Crippen LogP contribution in [0.5, 0.6) is 0 Å². The highest BCUT2D eigenvalue weighted by Gasteiger charge is 2.33.